The summed E-state index contributed by atoms with van der Waals surface area (Å²) in [5.41, 5.74) is 1.47. The monoisotopic (exact) mass is 406 g/mol. The first kappa shape index (κ1) is 19.2. The highest BCUT2D eigenvalue weighted by Gasteiger charge is 2.35. The molecule has 1 unspecified atom stereocenters. The lowest BCUT2D eigenvalue weighted by molar-refractivity contribution is -0.0916. The van der Waals surface area contributed by atoms with Crippen molar-refractivity contribution in [3.05, 3.63) is 32.8 Å². The second-order valence-corrected chi connectivity index (χ2v) is 7.49. The summed E-state index contributed by atoms with van der Waals surface area (Å²) in [4.78, 5) is 0. The van der Waals surface area contributed by atoms with E-state index in [1.807, 2.05) is 20.8 Å². The molecule has 1 aliphatic heterocycles. The summed E-state index contributed by atoms with van der Waals surface area (Å²) >= 11 is 3.42. The summed E-state index contributed by atoms with van der Waals surface area (Å²) in [5, 5.41) is 10.1. The van der Waals surface area contributed by atoms with Crippen LogP contribution in [0, 0.1) is 13.8 Å². The number of allylic oxidation sites excluding steroid dienone is 2. The lowest BCUT2D eigenvalue weighted by Crippen LogP contribution is -2.36. The molecule has 0 radical (unpaired) electrons. The van der Waals surface area contributed by atoms with E-state index >= 15 is 0 Å². The van der Waals surface area contributed by atoms with E-state index in [1.165, 1.54) is 6.08 Å². The van der Waals surface area contributed by atoms with Crippen LogP contribution >= 0.6 is 15.9 Å². The van der Waals surface area contributed by atoms with Gasteiger partial charge in [0.05, 0.1) is 4.47 Å². The molecule has 0 spiro atoms. The average molecular weight is 407 g/mol. The zero-order valence-corrected chi connectivity index (χ0v) is 15.9. The predicted octanol–water partition coefficient (Wildman–Crippen LogP) is 6.14. The molecule has 134 valence electrons. The van der Waals surface area contributed by atoms with Gasteiger partial charge >= 0.3 is 6.18 Å². The fraction of sp³-hybridized carbons (Fsp3) is 0.556. The van der Waals surface area contributed by atoms with Crippen LogP contribution in [0.2, 0.25) is 0 Å². The first-order valence-corrected chi connectivity index (χ1v) is 8.69. The molecule has 0 saturated heterocycles. The molecule has 0 fully saturated rings. The van der Waals surface area contributed by atoms with Gasteiger partial charge in [-0.25, -0.2) is 0 Å². The first-order valence-electron chi connectivity index (χ1n) is 7.90. The topological polar surface area (TPSA) is 29.5 Å². The standard InChI is InChI=1S/C18H22BrF3O2/c1-10(18(20,21)22)6-5-8-17(4)9-7-13-14(19)15(23)11(2)12(3)16(13)24-17/h6,23H,5,7-9H2,1-4H3/b10-6-. The fourth-order valence-electron chi connectivity index (χ4n) is 2.92. The van der Waals surface area contributed by atoms with Gasteiger partial charge in [-0.05, 0) is 80.4 Å². The maximum atomic E-state index is 12.6. The predicted molar refractivity (Wildman–Crippen MR) is 91.7 cm³/mol. The van der Waals surface area contributed by atoms with Crippen molar-refractivity contribution in [2.45, 2.75) is 65.2 Å². The number of fused-ring (bicyclic) bond motifs is 1. The summed E-state index contributed by atoms with van der Waals surface area (Å²) in [6, 6.07) is 0. The third-order valence-electron chi connectivity index (χ3n) is 4.83. The Balaban J connectivity index is 2.20. The van der Waals surface area contributed by atoms with Crippen LogP contribution in [0.5, 0.6) is 11.5 Å². The van der Waals surface area contributed by atoms with Gasteiger partial charge in [0.2, 0.25) is 0 Å². The number of ether oxygens (including phenoxy) is 1. The van der Waals surface area contributed by atoms with Crippen molar-refractivity contribution < 1.29 is 23.0 Å². The molecular formula is C18H22BrF3O2. The van der Waals surface area contributed by atoms with Gasteiger partial charge in [-0.3, -0.25) is 0 Å². The molecule has 0 saturated carbocycles. The molecule has 1 aliphatic rings. The van der Waals surface area contributed by atoms with E-state index in [9.17, 15) is 18.3 Å². The molecule has 0 aromatic heterocycles. The van der Waals surface area contributed by atoms with Crippen molar-refractivity contribution in [2.75, 3.05) is 0 Å². The molecular weight excluding hydrogens is 385 g/mol. The normalized spacial score (nSPS) is 21.4. The Kier molecular flexibility index (Phi) is 5.28. The van der Waals surface area contributed by atoms with Gasteiger partial charge in [-0.2, -0.15) is 13.2 Å². The number of hydrogen-bond acceptors (Lipinski definition) is 2. The van der Waals surface area contributed by atoms with E-state index in [0.29, 0.717) is 30.2 Å². The minimum Gasteiger partial charge on any atom is -0.506 e. The quantitative estimate of drug-likeness (QED) is 0.610. The summed E-state index contributed by atoms with van der Waals surface area (Å²) in [6.07, 6.45) is -0.806. The fourth-order valence-corrected chi connectivity index (χ4v) is 3.59. The van der Waals surface area contributed by atoms with Crippen LogP contribution in [-0.4, -0.2) is 16.9 Å². The Morgan fingerprint density at radius 2 is 1.96 bits per heavy atom. The van der Waals surface area contributed by atoms with Crippen molar-refractivity contribution in [3.63, 3.8) is 0 Å². The van der Waals surface area contributed by atoms with Crippen molar-refractivity contribution in [2.24, 2.45) is 0 Å². The molecule has 2 rings (SSSR count). The lowest BCUT2D eigenvalue weighted by atomic mass is 9.87. The minimum absolute atomic E-state index is 0.224. The van der Waals surface area contributed by atoms with Crippen LogP contribution in [0.15, 0.2) is 16.1 Å². The van der Waals surface area contributed by atoms with Crippen LogP contribution < -0.4 is 4.74 Å². The molecule has 2 nitrogen and oxygen atoms in total. The number of phenolic OH excluding ortho intramolecular Hbond substituents is 1. The Labute approximate surface area is 148 Å². The third-order valence-corrected chi connectivity index (χ3v) is 5.68. The van der Waals surface area contributed by atoms with Gasteiger partial charge in [0.25, 0.3) is 0 Å². The van der Waals surface area contributed by atoms with Gasteiger partial charge in [0, 0.05) is 11.1 Å². The maximum absolute atomic E-state index is 12.6. The van der Waals surface area contributed by atoms with Gasteiger partial charge in [0.1, 0.15) is 17.1 Å². The van der Waals surface area contributed by atoms with Gasteiger partial charge < -0.3 is 9.84 Å². The van der Waals surface area contributed by atoms with Gasteiger partial charge in [-0.15, -0.1) is 0 Å². The number of benzene rings is 1. The number of aromatic hydroxyl groups is 1. The SMILES string of the molecule is C/C(=C/CCC1(C)CCc2c(Br)c(O)c(C)c(C)c2O1)C(F)(F)F. The minimum atomic E-state index is -4.27. The van der Waals surface area contributed by atoms with Crippen LogP contribution in [0.4, 0.5) is 13.2 Å². The molecule has 1 aromatic carbocycles. The number of rotatable bonds is 3. The van der Waals surface area contributed by atoms with Crippen molar-refractivity contribution in [3.8, 4) is 11.5 Å². The molecule has 6 heteroatoms. The van der Waals surface area contributed by atoms with Crippen LogP contribution in [0.3, 0.4) is 0 Å². The largest absolute Gasteiger partial charge is 0.506 e. The molecule has 1 atom stereocenters. The number of phenols is 1. The van der Waals surface area contributed by atoms with Crippen molar-refractivity contribution >= 4 is 15.9 Å². The van der Waals surface area contributed by atoms with E-state index in [2.05, 4.69) is 15.9 Å². The molecule has 1 heterocycles. The Morgan fingerprint density at radius 1 is 1.33 bits per heavy atom. The van der Waals surface area contributed by atoms with E-state index in [-0.39, 0.29) is 5.75 Å². The highest BCUT2D eigenvalue weighted by Crippen LogP contribution is 2.46. The smallest absolute Gasteiger partial charge is 0.412 e. The highest BCUT2D eigenvalue weighted by atomic mass is 79.9. The van der Waals surface area contributed by atoms with E-state index < -0.39 is 17.4 Å². The zero-order chi connectivity index (χ0) is 18.3. The second-order valence-electron chi connectivity index (χ2n) is 6.70. The summed E-state index contributed by atoms with van der Waals surface area (Å²) in [6.45, 7) is 6.73. The Morgan fingerprint density at radius 3 is 2.54 bits per heavy atom. The maximum Gasteiger partial charge on any atom is 0.412 e. The van der Waals surface area contributed by atoms with E-state index in [0.717, 1.165) is 29.4 Å². The molecule has 0 aliphatic carbocycles. The summed E-state index contributed by atoms with van der Waals surface area (Å²) < 4.78 is 44.5. The van der Waals surface area contributed by atoms with Crippen molar-refractivity contribution in [1.82, 2.24) is 0 Å². The molecule has 1 N–H and O–H groups in total. The van der Waals surface area contributed by atoms with E-state index in [4.69, 9.17) is 4.74 Å². The number of halogens is 4. The van der Waals surface area contributed by atoms with Crippen LogP contribution in [0.25, 0.3) is 0 Å². The molecule has 24 heavy (non-hydrogen) atoms. The summed E-state index contributed by atoms with van der Waals surface area (Å²) in [7, 11) is 0. The molecule has 0 amide bonds. The van der Waals surface area contributed by atoms with E-state index in [1.54, 1.807) is 0 Å². The molecule has 1 aromatic rings. The second kappa shape index (κ2) is 6.62. The van der Waals surface area contributed by atoms with Crippen LogP contribution in [0.1, 0.15) is 49.8 Å². The lowest BCUT2D eigenvalue weighted by Gasteiger charge is -2.37. The highest BCUT2D eigenvalue weighted by molar-refractivity contribution is 9.10. The Bertz CT molecular complexity index is 680. The number of hydrogen-bond donors (Lipinski definition) is 1. The van der Waals surface area contributed by atoms with Gasteiger partial charge in [0.15, 0.2) is 0 Å². The third kappa shape index (κ3) is 3.73. The van der Waals surface area contributed by atoms with Gasteiger partial charge in [-0.1, -0.05) is 6.08 Å². The molecule has 0 bridgehead atoms. The number of alkyl halides is 3. The summed E-state index contributed by atoms with van der Waals surface area (Å²) in [5.74, 6) is 0.963. The van der Waals surface area contributed by atoms with Crippen molar-refractivity contribution in [1.29, 1.82) is 0 Å². The first-order chi connectivity index (χ1) is 11.0. The van der Waals surface area contributed by atoms with Crippen LogP contribution in [-0.2, 0) is 6.42 Å². The zero-order valence-electron chi connectivity index (χ0n) is 14.3. The Hall–Kier alpha value is -1.17. The average Bonchev–Trinajstić information content (AvgIpc) is 2.49.